The van der Waals surface area contributed by atoms with Crippen molar-refractivity contribution in [1.29, 1.82) is 0 Å². The lowest BCUT2D eigenvalue weighted by Crippen LogP contribution is -2.06. The molecule has 0 saturated carbocycles. The predicted octanol–water partition coefficient (Wildman–Crippen LogP) is 3.67. The van der Waals surface area contributed by atoms with Crippen molar-refractivity contribution in [2.45, 2.75) is 20.0 Å². The third-order valence-electron chi connectivity index (χ3n) is 3.21. The lowest BCUT2D eigenvalue weighted by Gasteiger charge is -2.07. The predicted molar refractivity (Wildman–Crippen MR) is 76.6 cm³/mol. The number of imidazole rings is 1. The molecule has 1 aromatic carbocycles. The Bertz CT molecular complexity index is 681. The van der Waals surface area contributed by atoms with E-state index in [2.05, 4.69) is 67.4 Å². The van der Waals surface area contributed by atoms with Crippen LogP contribution in [0.4, 0.5) is 0 Å². The number of benzene rings is 1. The van der Waals surface area contributed by atoms with Crippen molar-refractivity contribution in [1.82, 2.24) is 14.1 Å². The van der Waals surface area contributed by atoms with E-state index in [1.807, 2.05) is 12.4 Å². The number of hydrogen-bond donors (Lipinski definition) is 0. The Morgan fingerprint density at radius 1 is 1.17 bits per heavy atom. The molecule has 2 aromatic heterocycles. The molecule has 0 aliphatic heterocycles. The molecule has 0 N–H and O–H groups in total. The Hall–Kier alpha value is -1.55. The minimum absolute atomic E-state index is 0.806. The smallest absolute Gasteiger partial charge is 0.128 e. The number of hydrogen-bond acceptors (Lipinski definition) is 1. The molecule has 0 spiro atoms. The summed E-state index contributed by atoms with van der Waals surface area (Å²) < 4.78 is 5.54. The van der Waals surface area contributed by atoms with Crippen molar-refractivity contribution in [3.63, 3.8) is 0 Å². The van der Waals surface area contributed by atoms with Gasteiger partial charge in [0.25, 0.3) is 0 Å². The fraction of sp³-hybridized carbons (Fsp3) is 0.214. The van der Waals surface area contributed by atoms with Crippen molar-refractivity contribution in [3.8, 4) is 0 Å². The number of aryl methyl sites for hydroxylation is 1. The van der Waals surface area contributed by atoms with Crippen LogP contribution in [0, 0.1) is 0 Å². The van der Waals surface area contributed by atoms with Crippen LogP contribution in [0.2, 0.25) is 0 Å². The molecule has 0 aliphatic carbocycles. The number of nitrogens with zero attached hydrogens (tertiary/aromatic N) is 3. The molecule has 3 nitrogen and oxygen atoms in total. The lowest BCUT2D eigenvalue weighted by atomic mass is 10.2. The standard InChI is InChI=1S/C14H14BrN3/c1-2-17-9-7-16-14(17)10-18-8-6-11-12(15)4-3-5-13(11)18/h3-9H,2,10H2,1H3. The van der Waals surface area contributed by atoms with Gasteiger partial charge in [-0.05, 0) is 25.1 Å². The van der Waals surface area contributed by atoms with Crippen molar-refractivity contribution < 1.29 is 0 Å². The summed E-state index contributed by atoms with van der Waals surface area (Å²) in [6.45, 7) is 3.90. The molecule has 2 heterocycles. The maximum atomic E-state index is 4.42. The third kappa shape index (κ3) is 1.86. The summed E-state index contributed by atoms with van der Waals surface area (Å²) in [6.07, 6.45) is 6.00. The van der Waals surface area contributed by atoms with E-state index in [1.165, 1.54) is 10.9 Å². The van der Waals surface area contributed by atoms with E-state index in [4.69, 9.17) is 0 Å². The summed E-state index contributed by atoms with van der Waals surface area (Å²) in [5, 5.41) is 1.24. The van der Waals surface area contributed by atoms with E-state index in [9.17, 15) is 0 Å². The van der Waals surface area contributed by atoms with Crippen molar-refractivity contribution in [2.75, 3.05) is 0 Å². The first-order valence-corrected chi connectivity index (χ1v) is 6.82. The molecule has 0 bridgehead atoms. The molecule has 0 amide bonds. The van der Waals surface area contributed by atoms with Gasteiger partial charge in [0.1, 0.15) is 5.82 Å². The average Bonchev–Trinajstić information content (AvgIpc) is 2.98. The van der Waals surface area contributed by atoms with E-state index >= 15 is 0 Å². The van der Waals surface area contributed by atoms with Gasteiger partial charge >= 0.3 is 0 Å². The zero-order valence-corrected chi connectivity index (χ0v) is 11.8. The normalized spacial score (nSPS) is 11.2. The second-order valence-electron chi connectivity index (χ2n) is 4.25. The molecule has 3 aromatic rings. The monoisotopic (exact) mass is 303 g/mol. The molecule has 0 saturated heterocycles. The van der Waals surface area contributed by atoms with E-state index in [0.717, 1.165) is 23.4 Å². The van der Waals surface area contributed by atoms with Crippen molar-refractivity contribution >= 4 is 26.8 Å². The number of fused-ring (bicyclic) bond motifs is 1. The second kappa shape index (κ2) is 4.61. The van der Waals surface area contributed by atoms with Gasteiger partial charge in [-0.15, -0.1) is 0 Å². The first kappa shape index (κ1) is 11.5. The Kier molecular flexibility index (Phi) is 2.96. The van der Waals surface area contributed by atoms with Gasteiger partial charge in [0.2, 0.25) is 0 Å². The quantitative estimate of drug-likeness (QED) is 0.724. The first-order valence-electron chi connectivity index (χ1n) is 6.03. The van der Waals surface area contributed by atoms with Crippen LogP contribution in [0.3, 0.4) is 0 Å². The maximum Gasteiger partial charge on any atom is 0.128 e. The molecule has 0 atom stereocenters. The molecule has 3 rings (SSSR count). The molecule has 18 heavy (non-hydrogen) atoms. The third-order valence-corrected chi connectivity index (χ3v) is 3.91. The van der Waals surface area contributed by atoms with Crippen LogP contribution in [0.25, 0.3) is 10.9 Å². The molecular weight excluding hydrogens is 290 g/mol. The lowest BCUT2D eigenvalue weighted by molar-refractivity contribution is 0.662. The Morgan fingerprint density at radius 2 is 2.06 bits per heavy atom. The molecule has 4 heteroatoms. The van der Waals surface area contributed by atoms with E-state index in [-0.39, 0.29) is 0 Å². The van der Waals surface area contributed by atoms with Crippen LogP contribution in [-0.2, 0) is 13.1 Å². The van der Waals surface area contributed by atoms with Gasteiger partial charge < -0.3 is 9.13 Å². The first-order chi connectivity index (χ1) is 8.79. The molecule has 0 aliphatic rings. The topological polar surface area (TPSA) is 22.8 Å². The fourth-order valence-corrected chi connectivity index (χ4v) is 2.74. The Labute approximate surface area is 114 Å². The van der Waals surface area contributed by atoms with Gasteiger partial charge in [0.05, 0.1) is 6.54 Å². The number of aromatic nitrogens is 3. The van der Waals surface area contributed by atoms with E-state index in [1.54, 1.807) is 0 Å². The maximum absolute atomic E-state index is 4.42. The van der Waals surface area contributed by atoms with Crippen LogP contribution < -0.4 is 0 Å². The highest BCUT2D eigenvalue weighted by Gasteiger charge is 2.07. The fourth-order valence-electron chi connectivity index (χ4n) is 2.26. The highest BCUT2D eigenvalue weighted by molar-refractivity contribution is 9.10. The van der Waals surface area contributed by atoms with Gasteiger partial charge in [0, 0.05) is 40.5 Å². The van der Waals surface area contributed by atoms with Gasteiger partial charge in [-0.3, -0.25) is 0 Å². The largest absolute Gasteiger partial charge is 0.340 e. The number of rotatable bonds is 3. The summed E-state index contributed by atoms with van der Waals surface area (Å²) in [5.41, 5.74) is 1.23. The summed E-state index contributed by atoms with van der Waals surface area (Å²) >= 11 is 3.58. The summed E-state index contributed by atoms with van der Waals surface area (Å²) in [6, 6.07) is 8.41. The van der Waals surface area contributed by atoms with E-state index in [0.29, 0.717) is 0 Å². The number of halogens is 1. The minimum atomic E-state index is 0.806. The van der Waals surface area contributed by atoms with Crippen LogP contribution in [0.15, 0.2) is 47.3 Å². The SMILES string of the molecule is CCn1ccnc1Cn1ccc2c(Br)cccc21. The Morgan fingerprint density at radius 3 is 2.89 bits per heavy atom. The second-order valence-corrected chi connectivity index (χ2v) is 5.10. The van der Waals surface area contributed by atoms with Crippen LogP contribution in [0.5, 0.6) is 0 Å². The van der Waals surface area contributed by atoms with Gasteiger partial charge in [-0.25, -0.2) is 4.98 Å². The molecule has 0 fully saturated rings. The Balaban J connectivity index is 2.03. The van der Waals surface area contributed by atoms with Gasteiger partial charge in [-0.2, -0.15) is 0 Å². The zero-order valence-electron chi connectivity index (χ0n) is 10.2. The van der Waals surface area contributed by atoms with E-state index < -0.39 is 0 Å². The van der Waals surface area contributed by atoms with Gasteiger partial charge in [-0.1, -0.05) is 22.0 Å². The van der Waals surface area contributed by atoms with Crippen LogP contribution >= 0.6 is 15.9 Å². The zero-order chi connectivity index (χ0) is 12.5. The summed E-state index contributed by atoms with van der Waals surface area (Å²) in [4.78, 5) is 4.42. The molecule has 92 valence electrons. The van der Waals surface area contributed by atoms with Crippen molar-refractivity contribution in [2.24, 2.45) is 0 Å². The summed E-state index contributed by atoms with van der Waals surface area (Å²) in [7, 11) is 0. The molecule has 0 unspecified atom stereocenters. The molecule has 0 radical (unpaired) electrons. The highest BCUT2D eigenvalue weighted by Crippen LogP contribution is 2.25. The average molecular weight is 304 g/mol. The highest BCUT2D eigenvalue weighted by atomic mass is 79.9. The van der Waals surface area contributed by atoms with Gasteiger partial charge in [0.15, 0.2) is 0 Å². The minimum Gasteiger partial charge on any atom is -0.340 e. The van der Waals surface area contributed by atoms with Crippen LogP contribution in [0.1, 0.15) is 12.7 Å². The van der Waals surface area contributed by atoms with Crippen molar-refractivity contribution in [3.05, 3.63) is 53.2 Å². The summed E-state index contributed by atoms with van der Waals surface area (Å²) in [5.74, 6) is 1.09. The van der Waals surface area contributed by atoms with Crippen LogP contribution in [-0.4, -0.2) is 14.1 Å². The molecular formula is C14H14BrN3.